The number of aryl methyl sites for hydroxylation is 2. The minimum atomic E-state index is 0.277. The molecule has 2 heteroatoms. The highest BCUT2D eigenvalue weighted by molar-refractivity contribution is 5.51. The highest BCUT2D eigenvalue weighted by Gasteiger charge is 2.18. The van der Waals surface area contributed by atoms with Gasteiger partial charge in [0.15, 0.2) is 0 Å². The fraction of sp³-hybridized carbons (Fsp3) is 0.440. The first-order valence-corrected chi connectivity index (χ1v) is 10.4. The van der Waals surface area contributed by atoms with Crippen LogP contribution in [0.1, 0.15) is 59.4 Å². The number of aliphatic hydroxyl groups excluding tert-OH is 1. The molecule has 0 fully saturated rings. The summed E-state index contributed by atoms with van der Waals surface area (Å²) >= 11 is 0. The summed E-state index contributed by atoms with van der Waals surface area (Å²) in [6, 6.07) is 15.7. The van der Waals surface area contributed by atoms with E-state index >= 15 is 0 Å². The standard InChI is InChI=1S/C25H33NO/c1-19-5-4-6-20(15-19)8-9-21-10-11-23-17-24(13-12-22(23)16-21)25(18-26)7-2-3-14-27/h4-6,8-9,12-13,15,17,21,25,27H,2-3,7,10-11,14,16,18,26H2,1H3/b9-8+/t21-,25+/m1/s1. The lowest BCUT2D eigenvalue weighted by Gasteiger charge is -2.24. The van der Waals surface area contributed by atoms with Gasteiger partial charge in [0.25, 0.3) is 0 Å². The fourth-order valence-electron chi connectivity index (χ4n) is 4.17. The van der Waals surface area contributed by atoms with Crippen LogP contribution in [0.3, 0.4) is 0 Å². The second-order valence-corrected chi connectivity index (χ2v) is 7.96. The molecule has 1 aliphatic rings. The van der Waals surface area contributed by atoms with Gasteiger partial charge in [-0.05, 0) is 79.7 Å². The molecule has 2 aromatic rings. The molecule has 0 radical (unpaired) electrons. The normalized spacial score (nSPS) is 17.8. The molecule has 1 aliphatic carbocycles. The summed E-state index contributed by atoms with van der Waals surface area (Å²) in [7, 11) is 0. The molecule has 0 aromatic heterocycles. The van der Waals surface area contributed by atoms with Gasteiger partial charge in [0.05, 0.1) is 0 Å². The van der Waals surface area contributed by atoms with Crippen molar-refractivity contribution >= 4 is 6.08 Å². The average Bonchev–Trinajstić information content (AvgIpc) is 2.69. The quantitative estimate of drug-likeness (QED) is 0.647. The SMILES string of the molecule is Cc1cccc(/C=C/[C@@H]2CCc3cc([C@H](CN)CCCCO)ccc3C2)c1. The van der Waals surface area contributed by atoms with Gasteiger partial charge in [-0.3, -0.25) is 0 Å². The maximum Gasteiger partial charge on any atom is 0.0431 e. The van der Waals surface area contributed by atoms with Crippen LogP contribution in [0, 0.1) is 12.8 Å². The highest BCUT2D eigenvalue weighted by atomic mass is 16.2. The number of hydrogen-bond acceptors (Lipinski definition) is 2. The summed E-state index contributed by atoms with van der Waals surface area (Å²) < 4.78 is 0. The first kappa shape index (κ1) is 19.9. The number of rotatable bonds is 8. The van der Waals surface area contributed by atoms with Gasteiger partial charge in [-0.25, -0.2) is 0 Å². The van der Waals surface area contributed by atoms with Gasteiger partial charge in [-0.2, -0.15) is 0 Å². The van der Waals surface area contributed by atoms with Gasteiger partial charge in [0.1, 0.15) is 0 Å². The minimum absolute atomic E-state index is 0.277. The third-order valence-electron chi connectivity index (χ3n) is 5.82. The molecular formula is C25H33NO. The van der Waals surface area contributed by atoms with Crippen molar-refractivity contribution in [2.75, 3.05) is 13.2 Å². The zero-order valence-corrected chi connectivity index (χ0v) is 16.5. The van der Waals surface area contributed by atoms with E-state index < -0.39 is 0 Å². The topological polar surface area (TPSA) is 46.2 Å². The number of benzene rings is 2. The number of nitrogens with two attached hydrogens (primary N) is 1. The summed E-state index contributed by atoms with van der Waals surface area (Å²) in [4.78, 5) is 0. The largest absolute Gasteiger partial charge is 0.396 e. The zero-order valence-electron chi connectivity index (χ0n) is 16.5. The Bertz CT molecular complexity index is 765. The fourth-order valence-corrected chi connectivity index (χ4v) is 4.17. The average molecular weight is 364 g/mol. The van der Waals surface area contributed by atoms with Crippen LogP contribution in [0.2, 0.25) is 0 Å². The van der Waals surface area contributed by atoms with E-state index in [0.717, 1.165) is 32.1 Å². The molecule has 0 heterocycles. The third-order valence-corrected chi connectivity index (χ3v) is 5.82. The first-order chi connectivity index (χ1) is 13.2. The van der Waals surface area contributed by atoms with Crippen LogP contribution in [0.15, 0.2) is 48.5 Å². The molecule has 2 atom stereocenters. The van der Waals surface area contributed by atoms with Crippen LogP contribution >= 0.6 is 0 Å². The van der Waals surface area contributed by atoms with E-state index in [0.29, 0.717) is 18.4 Å². The number of allylic oxidation sites excluding steroid dienone is 1. The lowest BCUT2D eigenvalue weighted by Crippen LogP contribution is -2.16. The third kappa shape index (κ3) is 5.54. The summed E-state index contributed by atoms with van der Waals surface area (Å²) in [5.41, 5.74) is 13.0. The molecule has 27 heavy (non-hydrogen) atoms. The Balaban J connectivity index is 1.64. The lowest BCUT2D eigenvalue weighted by atomic mass is 9.81. The van der Waals surface area contributed by atoms with Crippen LogP contribution in [0.4, 0.5) is 0 Å². The molecule has 0 aliphatic heterocycles. The Morgan fingerprint density at radius 2 is 2.04 bits per heavy atom. The molecule has 0 bridgehead atoms. The smallest absolute Gasteiger partial charge is 0.0431 e. The van der Waals surface area contributed by atoms with Gasteiger partial charge in [0.2, 0.25) is 0 Å². The molecule has 3 N–H and O–H groups in total. The van der Waals surface area contributed by atoms with Crippen molar-refractivity contribution in [1.82, 2.24) is 0 Å². The summed E-state index contributed by atoms with van der Waals surface area (Å²) in [6.07, 6.45) is 11.2. The minimum Gasteiger partial charge on any atom is -0.396 e. The summed E-state index contributed by atoms with van der Waals surface area (Å²) in [5, 5.41) is 9.00. The molecule has 2 nitrogen and oxygen atoms in total. The predicted octanol–water partition coefficient (Wildman–Crippen LogP) is 5.02. The van der Waals surface area contributed by atoms with Gasteiger partial charge in [-0.1, -0.05) is 66.6 Å². The molecule has 2 aromatic carbocycles. The molecule has 144 valence electrons. The number of aliphatic hydroxyl groups is 1. The second-order valence-electron chi connectivity index (χ2n) is 7.96. The van der Waals surface area contributed by atoms with Crippen LogP contribution in [-0.4, -0.2) is 18.3 Å². The van der Waals surface area contributed by atoms with Crippen molar-refractivity contribution in [3.8, 4) is 0 Å². The maximum absolute atomic E-state index is 9.00. The van der Waals surface area contributed by atoms with Crippen LogP contribution < -0.4 is 5.73 Å². The van der Waals surface area contributed by atoms with E-state index in [1.807, 2.05) is 0 Å². The Morgan fingerprint density at radius 1 is 1.15 bits per heavy atom. The number of fused-ring (bicyclic) bond motifs is 1. The zero-order chi connectivity index (χ0) is 19.1. The van der Waals surface area contributed by atoms with Crippen molar-refractivity contribution in [1.29, 1.82) is 0 Å². The Labute approximate surface area is 164 Å². The second kappa shape index (κ2) is 9.87. The van der Waals surface area contributed by atoms with E-state index in [2.05, 4.69) is 61.5 Å². The van der Waals surface area contributed by atoms with E-state index in [4.69, 9.17) is 10.8 Å². The molecule has 0 saturated heterocycles. The van der Waals surface area contributed by atoms with Crippen molar-refractivity contribution in [2.24, 2.45) is 11.7 Å². The van der Waals surface area contributed by atoms with E-state index in [1.165, 1.54) is 34.2 Å². The van der Waals surface area contributed by atoms with Gasteiger partial charge in [-0.15, -0.1) is 0 Å². The van der Waals surface area contributed by atoms with Gasteiger partial charge >= 0.3 is 0 Å². The molecular weight excluding hydrogens is 330 g/mol. The lowest BCUT2D eigenvalue weighted by molar-refractivity contribution is 0.281. The van der Waals surface area contributed by atoms with E-state index in [-0.39, 0.29) is 6.61 Å². The molecule has 0 amide bonds. The Hall–Kier alpha value is -1.90. The van der Waals surface area contributed by atoms with Crippen LogP contribution in [0.5, 0.6) is 0 Å². The van der Waals surface area contributed by atoms with E-state index in [1.54, 1.807) is 0 Å². The van der Waals surface area contributed by atoms with E-state index in [9.17, 15) is 0 Å². The number of unbranched alkanes of at least 4 members (excludes halogenated alkanes) is 1. The highest BCUT2D eigenvalue weighted by Crippen LogP contribution is 2.31. The Morgan fingerprint density at radius 3 is 2.81 bits per heavy atom. The molecule has 0 unspecified atom stereocenters. The van der Waals surface area contributed by atoms with Gasteiger partial charge < -0.3 is 10.8 Å². The molecule has 0 spiro atoms. The number of hydrogen-bond donors (Lipinski definition) is 2. The summed E-state index contributed by atoms with van der Waals surface area (Å²) in [6.45, 7) is 3.11. The van der Waals surface area contributed by atoms with Crippen molar-refractivity contribution < 1.29 is 5.11 Å². The van der Waals surface area contributed by atoms with Crippen molar-refractivity contribution in [2.45, 2.75) is 51.4 Å². The van der Waals surface area contributed by atoms with Crippen LogP contribution in [0.25, 0.3) is 6.08 Å². The molecule has 0 saturated carbocycles. The summed E-state index contributed by atoms with van der Waals surface area (Å²) in [5.74, 6) is 1.04. The molecule has 3 rings (SSSR count). The maximum atomic E-state index is 9.00. The van der Waals surface area contributed by atoms with Crippen LogP contribution in [-0.2, 0) is 12.8 Å². The monoisotopic (exact) mass is 363 g/mol. The van der Waals surface area contributed by atoms with Crippen molar-refractivity contribution in [3.05, 3.63) is 76.4 Å². The van der Waals surface area contributed by atoms with Gasteiger partial charge in [0, 0.05) is 6.61 Å². The first-order valence-electron chi connectivity index (χ1n) is 10.4. The van der Waals surface area contributed by atoms with Crippen molar-refractivity contribution in [3.63, 3.8) is 0 Å². The predicted molar refractivity (Wildman–Crippen MR) is 115 cm³/mol. The Kier molecular flexibility index (Phi) is 7.25.